The number of benzene rings is 2. The van der Waals surface area contributed by atoms with Crippen LogP contribution in [0.15, 0.2) is 121 Å². The van der Waals surface area contributed by atoms with Gasteiger partial charge in [0.05, 0.1) is 29.5 Å². The van der Waals surface area contributed by atoms with Crippen LogP contribution < -0.4 is 16.0 Å². The Balaban J connectivity index is 0.972. The second-order valence-electron chi connectivity index (χ2n) is 27.7. The van der Waals surface area contributed by atoms with Crippen molar-refractivity contribution in [2.24, 2.45) is 28.6 Å². The number of hydrogen-bond acceptors (Lipinski definition) is 9. The van der Waals surface area contributed by atoms with Crippen LogP contribution >= 0.6 is 0 Å². The Bertz CT molecular complexity index is 3300. The van der Waals surface area contributed by atoms with E-state index in [1.54, 1.807) is 5.57 Å². The lowest BCUT2D eigenvalue weighted by molar-refractivity contribution is -0.238. The van der Waals surface area contributed by atoms with Crippen LogP contribution in [0.25, 0.3) is 32.7 Å². The lowest BCUT2D eigenvalue weighted by Crippen LogP contribution is -2.78. The second kappa shape index (κ2) is 22.8. The molecule has 0 amide bonds. The normalized spacial score (nSPS) is 40.5. The van der Waals surface area contributed by atoms with Crippen LogP contribution in [0.4, 0.5) is 0 Å². The summed E-state index contributed by atoms with van der Waals surface area (Å²) in [6.07, 6.45) is 46.1. The summed E-state index contributed by atoms with van der Waals surface area (Å²) >= 11 is 0. The van der Waals surface area contributed by atoms with Gasteiger partial charge in [0.25, 0.3) is 0 Å². The van der Waals surface area contributed by atoms with E-state index >= 15 is 0 Å². The van der Waals surface area contributed by atoms with Gasteiger partial charge >= 0.3 is 0 Å². The highest BCUT2D eigenvalue weighted by Gasteiger charge is 2.77. The van der Waals surface area contributed by atoms with E-state index in [1.165, 1.54) is 57.0 Å². The maximum atomic E-state index is 14.3. The number of nitrogens with one attached hydrogen (secondary N) is 5. The fourth-order valence-corrected chi connectivity index (χ4v) is 19.9. The number of epoxide rings is 1. The molecule has 0 radical (unpaired) electrons. The first kappa shape index (κ1) is 54.8. The van der Waals surface area contributed by atoms with Crippen molar-refractivity contribution in [3.05, 3.63) is 138 Å². The van der Waals surface area contributed by atoms with Gasteiger partial charge in [0, 0.05) is 112 Å². The molecule has 7 N–H and O–H groups in total. The third-order valence-electron chi connectivity index (χ3n) is 23.4. The molecule has 11 heterocycles. The number of piperidine rings is 1. The molecule has 3 aromatic heterocycles. The van der Waals surface area contributed by atoms with Crippen molar-refractivity contribution in [2.75, 3.05) is 45.8 Å². The van der Waals surface area contributed by atoms with E-state index in [4.69, 9.17) is 9.72 Å². The molecule has 2 saturated carbocycles. The number of fused-ring (bicyclic) bond motifs is 8. The first-order chi connectivity index (χ1) is 40.9. The molecule has 8 aliphatic heterocycles. The molecule has 15 rings (SSSR count). The van der Waals surface area contributed by atoms with Crippen LogP contribution in [-0.2, 0) is 11.2 Å². The van der Waals surface area contributed by atoms with E-state index in [1.807, 2.05) is 0 Å². The molecule has 6 bridgehead atoms. The summed E-state index contributed by atoms with van der Waals surface area (Å²) in [4.78, 5) is 19.6. The minimum atomic E-state index is -1.36. The molecule has 2 saturated heterocycles. The van der Waals surface area contributed by atoms with Crippen molar-refractivity contribution in [1.82, 2.24) is 40.7 Å². The molecule has 11 nitrogen and oxygen atoms in total. The number of aromatic amines is 2. The molecule has 15 atom stereocenters. The zero-order valence-corrected chi connectivity index (χ0v) is 49.4. The number of pyridine rings is 1. The van der Waals surface area contributed by atoms with Crippen molar-refractivity contribution in [3.63, 3.8) is 0 Å². The number of H-pyrrole nitrogens is 2. The molecule has 440 valence electrons. The highest BCUT2D eigenvalue weighted by Crippen LogP contribution is 2.70. The van der Waals surface area contributed by atoms with Crippen LogP contribution in [0, 0.1) is 28.6 Å². The van der Waals surface area contributed by atoms with Crippen molar-refractivity contribution in [2.45, 2.75) is 195 Å². The zero-order valence-electron chi connectivity index (χ0n) is 49.4. The number of nitrogens with zero attached hydrogens (tertiary/aromatic N) is 3. The van der Waals surface area contributed by atoms with Gasteiger partial charge in [-0.15, -0.1) is 0 Å². The smallest absolute Gasteiger partial charge is 0.112 e. The summed E-state index contributed by atoms with van der Waals surface area (Å²) in [5, 5.41) is 45.1. The fourth-order valence-electron chi connectivity index (χ4n) is 19.9. The number of allylic oxidation sites excluding steroid dienone is 8. The Kier molecular flexibility index (Phi) is 15.0. The standard InChI is InChI=1S/C72H94N8O3/c81-65-58(63-61-51(33-41-73-63)49-29-17-19-31-55(49)77-61)54-45-57(80-44-28-16-8-3-11-23-37-71(65,82)67-69(54,48-80)35-21-9-1-5-13-25-39-75-67)53-46-79-43-27-15-7-4-12-24-38-72-66(83-72)59(64-62-52(34-42-74-64)50-30-18-20-32-56(50)78-62)60(53)70(47-79)36-22-10-2-6-14-26-40-76-68(70)72/h1-4,9-12,17-20,29-32,34,42,46,54,57-60,63,65-68,73,75-78,81-82H,5-8,13-16,21-28,33,35-41,43-45,47-48H2/b9-1-,10-2-,11-3+,12-4-/t54-,57?,58+,59+,60-,63+,65-,66-,67+,68+,69-,70-,71+,72-/m0/s1. The van der Waals surface area contributed by atoms with E-state index in [2.05, 4.69) is 151 Å². The third kappa shape index (κ3) is 9.33. The van der Waals surface area contributed by atoms with Crippen LogP contribution in [0.2, 0.25) is 0 Å². The Morgan fingerprint density at radius 3 is 2.02 bits per heavy atom. The summed E-state index contributed by atoms with van der Waals surface area (Å²) < 4.78 is 7.83. The Labute approximate surface area is 493 Å². The summed E-state index contributed by atoms with van der Waals surface area (Å²) in [7, 11) is 0. The second-order valence-corrected chi connectivity index (χ2v) is 27.7. The minimum absolute atomic E-state index is 0.00196. The van der Waals surface area contributed by atoms with Gasteiger partial charge in [-0.05, 0) is 203 Å². The first-order valence-corrected chi connectivity index (χ1v) is 33.4. The minimum Gasteiger partial charge on any atom is -0.390 e. The maximum absolute atomic E-state index is 14.3. The summed E-state index contributed by atoms with van der Waals surface area (Å²) in [6.45, 7) is 6.54. The Hall–Kier alpha value is -4.85. The molecule has 2 aliphatic carbocycles. The molecule has 2 unspecified atom stereocenters. The Morgan fingerprint density at radius 2 is 1.25 bits per heavy atom. The predicted octanol–water partition coefficient (Wildman–Crippen LogP) is 12.5. The Morgan fingerprint density at radius 1 is 0.602 bits per heavy atom. The number of para-hydroxylation sites is 2. The van der Waals surface area contributed by atoms with E-state index in [9.17, 15) is 10.2 Å². The molecular weight excluding hydrogens is 1020 g/mol. The van der Waals surface area contributed by atoms with Crippen molar-refractivity contribution in [1.29, 1.82) is 0 Å². The number of aliphatic hydroxyl groups is 2. The van der Waals surface area contributed by atoms with Gasteiger partial charge in [-0.2, -0.15) is 0 Å². The molecule has 2 aromatic carbocycles. The first-order valence-electron chi connectivity index (χ1n) is 33.4. The molecule has 3 spiro atoms. The van der Waals surface area contributed by atoms with Crippen LogP contribution in [-0.4, -0.2) is 122 Å². The van der Waals surface area contributed by atoms with E-state index in [0.29, 0.717) is 6.42 Å². The molecule has 5 aromatic rings. The number of aliphatic hydroxyl groups excluding tert-OH is 1. The number of aromatic nitrogens is 3. The zero-order chi connectivity index (χ0) is 55.6. The summed E-state index contributed by atoms with van der Waals surface area (Å²) in [6, 6.07) is 19.8. The van der Waals surface area contributed by atoms with E-state index in [-0.39, 0.29) is 70.4 Å². The maximum Gasteiger partial charge on any atom is 0.112 e. The van der Waals surface area contributed by atoms with Gasteiger partial charge in [-0.25, -0.2) is 0 Å². The third-order valence-corrected chi connectivity index (χ3v) is 23.4. The summed E-state index contributed by atoms with van der Waals surface area (Å²) in [5.74, 6) is -0.0837. The highest BCUT2D eigenvalue weighted by molar-refractivity contribution is 6.08. The predicted molar refractivity (Wildman–Crippen MR) is 335 cm³/mol. The largest absolute Gasteiger partial charge is 0.390 e. The van der Waals surface area contributed by atoms with Gasteiger partial charge < -0.3 is 45.8 Å². The molecular formula is C72H94N8O3. The fraction of sp³-hybridized carbons (Fsp3) is 0.597. The molecule has 83 heavy (non-hydrogen) atoms. The average molecular weight is 1120 g/mol. The van der Waals surface area contributed by atoms with E-state index in [0.717, 1.165) is 173 Å². The number of rotatable bonds is 3. The van der Waals surface area contributed by atoms with Crippen LogP contribution in [0.3, 0.4) is 0 Å². The molecule has 10 aliphatic rings. The van der Waals surface area contributed by atoms with Gasteiger partial charge in [-0.3, -0.25) is 9.88 Å². The van der Waals surface area contributed by atoms with Crippen LogP contribution in [0.1, 0.15) is 164 Å². The lowest BCUT2D eigenvalue weighted by Gasteiger charge is -2.68. The van der Waals surface area contributed by atoms with Gasteiger partial charge in [0.15, 0.2) is 0 Å². The average Bonchev–Trinajstić information content (AvgIpc) is 1.66. The van der Waals surface area contributed by atoms with E-state index < -0.39 is 11.7 Å². The van der Waals surface area contributed by atoms with Gasteiger partial charge in [0.1, 0.15) is 11.2 Å². The van der Waals surface area contributed by atoms with Crippen molar-refractivity contribution in [3.8, 4) is 0 Å². The monoisotopic (exact) mass is 1120 g/mol. The quantitative estimate of drug-likeness (QED) is 0.0695. The van der Waals surface area contributed by atoms with Crippen LogP contribution in [0.5, 0.6) is 0 Å². The van der Waals surface area contributed by atoms with Gasteiger partial charge in [0.2, 0.25) is 0 Å². The SMILES string of the molecule is O[C@H]1[C@@H]([C@H]2NCCc3c2[nH]c2ccccc32)[C@@H]2CC(C3=CN4CCCC/C=C\CC[C@]56O[C@H]5[C@@H](c5nccc7c5[nH]c5ccccc57)[C@H]3[C@]3(CC/C=C\CCCCN[C@H]36)C4)N3CCCC/C=C/CC[C@]1(O)[C@@H]1NCCCC/C=C\CC[C@]21C3. The summed E-state index contributed by atoms with van der Waals surface area (Å²) in [5.41, 5.74) is 6.60. The topological polar surface area (TPSA) is 140 Å². The molecule has 11 heteroatoms. The number of ether oxygens (including phenoxy) is 1. The highest BCUT2D eigenvalue weighted by atomic mass is 16.6. The van der Waals surface area contributed by atoms with Gasteiger partial charge in [-0.1, -0.05) is 85.0 Å². The van der Waals surface area contributed by atoms with Crippen molar-refractivity contribution >= 4 is 32.7 Å². The number of hydrogen-bond donors (Lipinski definition) is 7. The molecule has 4 fully saturated rings. The lowest BCUT2D eigenvalue weighted by atomic mass is 9.45. The van der Waals surface area contributed by atoms with Crippen molar-refractivity contribution < 1.29 is 14.9 Å².